The van der Waals surface area contributed by atoms with E-state index in [9.17, 15) is 0 Å². The largest absolute Gasteiger partial charge is 0.497 e. The van der Waals surface area contributed by atoms with Crippen LogP contribution in [0.4, 0.5) is 0 Å². The Balaban J connectivity index is 2.72. The van der Waals surface area contributed by atoms with Crippen molar-refractivity contribution in [3.05, 3.63) is 26.6 Å². The maximum absolute atomic E-state index is 5.28. The Bertz CT molecular complexity index is 462. The minimum absolute atomic E-state index is 0.962. The zero-order valence-corrected chi connectivity index (χ0v) is 11.1. The van der Waals surface area contributed by atoms with Crippen LogP contribution in [0.15, 0.2) is 18.2 Å². The molecule has 1 aromatic carbocycles. The van der Waals surface area contributed by atoms with Crippen molar-refractivity contribution in [1.82, 2.24) is 0 Å². The average molecular weight is 318 g/mol. The molecule has 0 amide bonds. The Morgan fingerprint density at radius 2 is 2.14 bits per heavy atom. The van der Waals surface area contributed by atoms with Gasteiger partial charge in [-0.3, -0.25) is 0 Å². The Morgan fingerprint density at radius 1 is 1.36 bits per heavy atom. The van der Waals surface area contributed by atoms with Crippen molar-refractivity contribution in [2.75, 3.05) is 7.11 Å². The zero-order valence-electron chi connectivity index (χ0n) is 8.13. The lowest BCUT2D eigenvalue weighted by Crippen LogP contribution is -1.85. The van der Waals surface area contributed by atoms with Gasteiger partial charge in [0.25, 0.3) is 0 Å². The summed E-state index contributed by atoms with van der Waals surface area (Å²) in [6.07, 6.45) is 1.06. The number of aryl methyl sites for hydroxylation is 1. The highest BCUT2D eigenvalue weighted by atomic mass is 127. The first kappa shape index (κ1) is 10.2. The van der Waals surface area contributed by atoms with Crippen LogP contribution in [0.3, 0.4) is 0 Å². The molecule has 1 heterocycles. The third-order valence-electron chi connectivity index (χ3n) is 2.25. The molecular formula is C11H11IOS. The quantitative estimate of drug-likeness (QED) is 0.758. The second-order valence-electron chi connectivity index (χ2n) is 3.11. The first-order valence-corrected chi connectivity index (χ1v) is 6.40. The lowest BCUT2D eigenvalue weighted by atomic mass is 10.1. The fourth-order valence-electron chi connectivity index (χ4n) is 1.54. The highest BCUT2D eigenvalue weighted by Crippen LogP contribution is 2.33. The number of hydrogen-bond donors (Lipinski definition) is 0. The van der Waals surface area contributed by atoms with Crippen LogP contribution in [0, 0.1) is 2.88 Å². The van der Waals surface area contributed by atoms with Crippen LogP contribution in [0.25, 0.3) is 10.1 Å². The SMILES string of the molecule is CCc1cc(OC)cc2cc(I)sc12. The van der Waals surface area contributed by atoms with Gasteiger partial charge in [0.2, 0.25) is 0 Å². The summed E-state index contributed by atoms with van der Waals surface area (Å²) in [6, 6.07) is 6.45. The highest BCUT2D eigenvalue weighted by molar-refractivity contribution is 14.1. The Labute approximate surface area is 101 Å². The van der Waals surface area contributed by atoms with Gasteiger partial charge in [-0.15, -0.1) is 11.3 Å². The van der Waals surface area contributed by atoms with E-state index >= 15 is 0 Å². The summed E-state index contributed by atoms with van der Waals surface area (Å²) in [7, 11) is 1.72. The molecule has 2 aromatic rings. The molecule has 0 aliphatic heterocycles. The van der Waals surface area contributed by atoms with E-state index in [1.165, 1.54) is 18.5 Å². The number of hydrogen-bond acceptors (Lipinski definition) is 2. The summed E-state index contributed by atoms with van der Waals surface area (Å²) < 4.78 is 8.01. The minimum Gasteiger partial charge on any atom is -0.497 e. The van der Waals surface area contributed by atoms with Crippen molar-refractivity contribution < 1.29 is 4.74 Å². The molecule has 0 aliphatic rings. The molecule has 2 rings (SSSR count). The number of rotatable bonds is 2. The molecular weight excluding hydrogens is 307 g/mol. The molecule has 0 radical (unpaired) electrons. The summed E-state index contributed by atoms with van der Waals surface area (Å²) in [5.41, 5.74) is 1.38. The van der Waals surface area contributed by atoms with E-state index in [1.54, 1.807) is 7.11 Å². The van der Waals surface area contributed by atoms with Crippen molar-refractivity contribution in [3.63, 3.8) is 0 Å². The maximum atomic E-state index is 5.28. The van der Waals surface area contributed by atoms with Gasteiger partial charge >= 0.3 is 0 Å². The monoisotopic (exact) mass is 318 g/mol. The molecule has 14 heavy (non-hydrogen) atoms. The number of halogens is 1. The van der Waals surface area contributed by atoms with Gasteiger partial charge in [0.15, 0.2) is 0 Å². The van der Waals surface area contributed by atoms with E-state index in [1.807, 2.05) is 11.3 Å². The van der Waals surface area contributed by atoms with Gasteiger partial charge in [0.05, 0.1) is 9.99 Å². The van der Waals surface area contributed by atoms with Gasteiger partial charge in [-0.2, -0.15) is 0 Å². The molecule has 0 saturated carbocycles. The van der Waals surface area contributed by atoms with Crippen LogP contribution in [0.1, 0.15) is 12.5 Å². The Morgan fingerprint density at radius 3 is 2.79 bits per heavy atom. The summed E-state index contributed by atoms with van der Waals surface area (Å²) in [6.45, 7) is 2.18. The molecule has 0 saturated heterocycles. The van der Waals surface area contributed by atoms with Gasteiger partial charge in [-0.1, -0.05) is 6.92 Å². The number of thiophene rings is 1. The zero-order chi connectivity index (χ0) is 10.1. The molecule has 0 fully saturated rings. The van der Waals surface area contributed by atoms with E-state index in [0.29, 0.717) is 0 Å². The van der Waals surface area contributed by atoms with Crippen LogP contribution >= 0.6 is 33.9 Å². The molecule has 74 valence electrons. The van der Waals surface area contributed by atoms with E-state index < -0.39 is 0 Å². The van der Waals surface area contributed by atoms with Gasteiger partial charge in [0, 0.05) is 4.70 Å². The molecule has 1 nitrogen and oxygen atoms in total. The third kappa shape index (κ3) is 1.75. The van der Waals surface area contributed by atoms with E-state index in [2.05, 4.69) is 47.7 Å². The summed E-state index contributed by atoms with van der Waals surface area (Å²) in [5, 5.41) is 1.30. The highest BCUT2D eigenvalue weighted by Gasteiger charge is 2.06. The molecule has 0 N–H and O–H groups in total. The van der Waals surface area contributed by atoms with Crippen LogP contribution in [0.2, 0.25) is 0 Å². The van der Waals surface area contributed by atoms with Gasteiger partial charge in [-0.05, 0) is 58.2 Å². The number of ether oxygens (including phenoxy) is 1. The van der Waals surface area contributed by atoms with Crippen LogP contribution in [-0.4, -0.2) is 7.11 Å². The molecule has 3 heteroatoms. The molecule has 0 bridgehead atoms. The standard InChI is InChI=1S/C11H11IOS/c1-3-7-4-9(13-2)5-8-6-10(12)14-11(7)8/h4-6H,3H2,1-2H3. The fourth-order valence-corrected chi connectivity index (χ4v) is 3.49. The van der Waals surface area contributed by atoms with Crippen molar-refractivity contribution in [1.29, 1.82) is 0 Å². The molecule has 0 aliphatic carbocycles. The van der Waals surface area contributed by atoms with Gasteiger partial charge < -0.3 is 4.74 Å². The van der Waals surface area contributed by atoms with E-state index in [-0.39, 0.29) is 0 Å². The minimum atomic E-state index is 0.962. The Kier molecular flexibility index (Phi) is 2.97. The molecule has 0 atom stereocenters. The first-order valence-electron chi connectivity index (χ1n) is 4.50. The third-order valence-corrected chi connectivity index (χ3v) is 4.24. The average Bonchev–Trinajstić information content (AvgIpc) is 2.56. The lowest BCUT2D eigenvalue weighted by Gasteiger charge is -2.03. The van der Waals surface area contributed by atoms with E-state index in [4.69, 9.17) is 4.74 Å². The van der Waals surface area contributed by atoms with Gasteiger partial charge in [0.1, 0.15) is 5.75 Å². The predicted octanol–water partition coefficient (Wildman–Crippen LogP) is 4.08. The van der Waals surface area contributed by atoms with Gasteiger partial charge in [-0.25, -0.2) is 0 Å². The topological polar surface area (TPSA) is 9.23 Å². The number of methoxy groups -OCH3 is 1. The predicted molar refractivity (Wildman–Crippen MR) is 70.5 cm³/mol. The summed E-state index contributed by atoms with van der Waals surface area (Å²) in [4.78, 5) is 0. The number of benzene rings is 1. The van der Waals surface area contributed by atoms with Crippen molar-refractivity contribution >= 4 is 44.0 Å². The molecule has 0 unspecified atom stereocenters. The normalized spacial score (nSPS) is 10.8. The second kappa shape index (κ2) is 4.06. The maximum Gasteiger partial charge on any atom is 0.119 e. The van der Waals surface area contributed by atoms with Crippen LogP contribution in [0.5, 0.6) is 5.75 Å². The Hall–Kier alpha value is -0.290. The van der Waals surface area contributed by atoms with Crippen molar-refractivity contribution in [3.8, 4) is 5.75 Å². The van der Waals surface area contributed by atoms with Crippen molar-refractivity contribution in [2.45, 2.75) is 13.3 Å². The van der Waals surface area contributed by atoms with Crippen LogP contribution in [-0.2, 0) is 6.42 Å². The summed E-state index contributed by atoms with van der Waals surface area (Å²) in [5.74, 6) is 0.962. The molecule has 1 aromatic heterocycles. The first-order chi connectivity index (χ1) is 6.74. The number of fused-ring (bicyclic) bond motifs is 1. The summed E-state index contributed by atoms with van der Waals surface area (Å²) >= 11 is 4.22. The van der Waals surface area contributed by atoms with Crippen molar-refractivity contribution in [2.24, 2.45) is 0 Å². The lowest BCUT2D eigenvalue weighted by molar-refractivity contribution is 0.415. The van der Waals surface area contributed by atoms with Crippen LogP contribution < -0.4 is 4.74 Å². The fraction of sp³-hybridized carbons (Fsp3) is 0.273. The molecule has 0 spiro atoms. The van der Waals surface area contributed by atoms with E-state index in [0.717, 1.165) is 12.2 Å². The smallest absolute Gasteiger partial charge is 0.119 e. The second-order valence-corrected chi connectivity index (χ2v) is 6.06.